The first-order valence-corrected chi connectivity index (χ1v) is 8.30. The van der Waals surface area contributed by atoms with E-state index in [1.807, 2.05) is 0 Å². The Bertz CT molecular complexity index is 636. The predicted molar refractivity (Wildman–Crippen MR) is 88.2 cm³/mol. The van der Waals surface area contributed by atoms with E-state index in [-0.39, 0.29) is 17.7 Å². The van der Waals surface area contributed by atoms with Gasteiger partial charge < -0.3 is 19.9 Å². The molecule has 2 N–H and O–H groups in total. The monoisotopic (exact) mass is 333 g/mol. The quantitative estimate of drug-likeness (QED) is 0.865. The largest absolute Gasteiger partial charge is 0.493 e. The lowest BCUT2D eigenvalue weighted by atomic mass is 9.58. The fourth-order valence-electron chi connectivity index (χ4n) is 4.32. The molecule has 0 aromatic heterocycles. The van der Waals surface area contributed by atoms with E-state index < -0.39 is 17.8 Å². The van der Waals surface area contributed by atoms with Crippen molar-refractivity contribution in [2.24, 2.45) is 23.7 Å². The summed E-state index contributed by atoms with van der Waals surface area (Å²) in [6.45, 7) is 0. The van der Waals surface area contributed by atoms with Crippen molar-refractivity contribution in [3.8, 4) is 11.5 Å². The number of methoxy groups -OCH3 is 2. The van der Waals surface area contributed by atoms with Gasteiger partial charge in [0.25, 0.3) is 0 Å². The summed E-state index contributed by atoms with van der Waals surface area (Å²) in [5.74, 6) is -0.697. The number of anilines is 1. The SMILES string of the molecule is COc1ccc(NC(=O)[C@@H]2C3CCC(CC3)[C@@H]2C(=O)O)cc1OC. The third-order valence-corrected chi connectivity index (χ3v) is 5.46. The number of rotatable bonds is 5. The van der Waals surface area contributed by atoms with Crippen LogP contribution in [0, 0.1) is 23.7 Å². The minimum Gasteiger partial charge on any atom is -0.493 e. The van der Waals surface area contributed by atoms with Crippen LogP contribution in [-0.4, -0.2) is 31.2 Å². The molecule has 3 saturated carbocycles. The number of fused-ring (bicyclic) bond motifs is 3. The van der Waals surface area contributed by atoms with E-state index in [2.05, 4.69) is 5.32 Å². The first-order chi connectivity index (χ1) is 11.5. The molecule has 1 amide bonds. The molecule has 0 heterocycles. The average Bonchev–Trinajstić information content (AvgIpc) is 2.61. The van der Waals surface area contributed by atoms with Crippen molar-refractivity contribution in [3.05, 3.63) is 18.2 Å². The molecule has 0 aliphatic heterocycles. The summed E-state index contributed by atoms with van der Waals surface area (Å²) in [4.78, 5) is 24.5. The van der Waals surface area contributed by atoms with Crippen LogP contribution in [0.2, 0.25) is 0 Å². The summed E-state index contributed by atoms with van der Waals surface area (Å²) in [7, 11) is 3.08. The molecular weight excluding hydrogens is 310 g/mol. The van der Waals surface area contributed by atoms with E-state index in [0.717, 1.165) is 25.7 Å². The van der Waals surface area contributed by atoms with Gasteiger partial charge in [-0.1, -0.05) is 0 Å². The number of carbonyl (C=O) groups excluding carboxylic acids is 1. The topological polar surface area (TPSA) is 84.9 Å². The van der Waals surface area contributed by atoms with Crippen molar-refractivity contribution in [1.29, 1.82) is 0 Å². The Labute approximate surface area is 141 Å². The van der Waals surface area contributed by atoms with Crippen molar-refractivity contribution < 1.29 is 24.2 Å². The Kier molecular flexibility index (Phi) is 4.64. The van der Waals surface area contributed by atoms with Gasteiger partial charge in [0.1, 0.15) is 0 Å². The van der Waals surface area contributed by atoms with Gasteiger partial charge in [0.05, 0.1) is 26.1 Å². The summed E-state index contributed by atoms with van der Waals surface area (Å²) >= 11 is 0. The lowest BCUT2D eigenvalue weighted by Crippen LogP contribution is -2.49. The molecule has 130 valence electrons. The minimum atomic E-state index is -0.850. The molecule has 2 bridgehead atoms. The molecule has 6 nitrogen and oxygen atoms in total. The number of nitrogens with one attached hydrogen (secondary N) is 1. The summed E-state index contributed by atoms with van der Waals surface area (Å²) in [5.41, 5.74) is 0.586. The van der Waals surface area contributed by atoms with Crippen LogP contribution in [0.5, 0.6) is 11.5 Å². The van der Waals surface area contributed by atoms with Crippen LogP contribution in [0.15, 0.2) is 18.2 Å². The second kappa shape index (κ2) is 6.71. The zero-order chi connectivity index (χ0) is 17.3. The molecule has 1 aromatic rings. The Hall–Kier alpha value is -2.24. The number of hydrogen-bond donors (Lipinski definition) is 2. The number of benzene rings is 1. The predicted octanol–water partition coefficient (Wildman–Crippen LogP) is 2.78. The number of ether oxygens (including phenoxy) is 2. The zero-order valence-corrected chi connectivity index (χ0v) is 14.0. The molecule has 4 rings (SSSR count). The number of amides is 1. The lowest BCUT2D eigenvalue weighted by Gasteiger charge is -2.45. The highest BCUT2D eigenvalue weighted by molar-refractivity contribution is 5.96. The number of hydrogen-bond acceptors (Lipinski definition) is 4. The highest BCUT2D eigenvalue weighted by Gasteiger charge is 2.50. The van der Waals surface area contributed by atoms with Crippen molar-refractivity contribution in [2.75, 3.05) is 19.5 Å². The van der Waals surface area contributed by atoms with Gasteiger partial charge >= 0.3 is 5.97 Å². The second-order valence-electron chi connectivity index (χ2n) is 6.62. The fraction of sp³-hybridized carbons (Fsp3) is 0.556. The van der Waals surface area contributed by atoms with Crippen LogP contribution in [0.1, 0.15) is 25.7 Å². The van der Waals surface area contributed by atoms with Crippen molar-refractivity contribution in [2.45, 2.75) is 25.7 Å². The van der Waals surface area contributed by atoms with Crippen LogP contribution in [0.4, 0.5) is 5.69 Å². The standard InChI is InChI=1S/C18H23NO5/c1-23-13-8-7-12(9-14(13)24-2)19-17(20)15-10-3-5-11(6-4-10)16(15)18(21)22/h7-11,15-16H,3-6H2,1-2H3,(H,19,20)(H,21,22)/t10?,11?,15-,16+/m1/s1. The smallest absolute Gasteiger partial charge is 0.307 e. The van der Waals surface area contributed by atoms with E-state index in [9.17, 15) is 14.7 Å². The molecule has 3 aliphatic rings. The Morgan fingerprint density at radius 2 is 1.58 bits per heavy atom. The number of carboxylic acids is 1. The third kappa shape index (κ3) is 2.92. The van der Waals surface area contributed by atoms with Gasteiger partial charge in [-0.05, 0) is 49.7 Å². The highest BCUT2D eigenvalue weighted by Crippen LogP contribution is 2.49. The Morgan fingerprint density at radius 3 is 2.12 bits per heavy atom. The average molecular weight is 333 g/mol. The summed E-state index contributed by atoms with van der Waals surface area (Å²) in [6.07, 6.45) is 3.72. The zero-order valence-electron chi connectivity index (χ0n) is 14.0. The fourth-order valence-corrected chi connectivity index (χ4v) is 4.32. The van der Waals surface area contributed by atoms with E-state index in [1.54, 1.807) is 25.3 Å². The molecule has 0 spiro atoms. The van der Waals surface area contributed by atoms with Gasteiger partial charge in [-0.3, -0.25) is 9.59 Å². The second-order valence-corrected chi connectivity index (χ2v) is 6.62. The Balaban J connectivity index is 1.80. The van der Waals surface area contributed by atoms with Crippen molar-refractivity contribution in [1.82, 2.24) is 0 Å². The van der Waals surface area contributed by atoms with Crippen LogP contribution < -0.4 is 14.8 Å². The lowest BCUT2D eigenvalue weighted by molar-refractivity contribution is -0.156. The Morgan fingerprint density at radius 1 is 1.00 bits per heavy atom. The maximum Gasteiger partial charge on any atom is 0.307 e. The van der Waals surface area contributed by atoms with Gasteiger partial charge in [-0.2, -0.15) is 0 Å². The minimum absolute atomic E-state index is 0.119. The summed E-state index contributed by atoms with van der Waals surface area (Å²) in [6, 6.07) is 5.14. The van der Waals surface area contributed by atoms with Gasteiger partial charge in [-0.15, -0.1) is 0 Å². The normalized spacial score (nSPS) is 28.2. The maximum atomic E-state index is 12.8. The third-order valence-electron chi connectivity index (χ3n) is 5.46. The van der Waals surface area contributed by atoms with Gasteiger partial charge in [0, 0.05) is 11.8 Å². The van der Waals surface area contributed by atoms with Crippen LogP contribution in [-0.2, 0) is 9.59 Å². The van der Waals surface area contributed by atoms with Gasteiger partial charge in [-0.25, -0.2) is 0 Å². The number of carbonyl (C=O) groups is 2. The molecule has 0 unspecified atom stereocenters. The van der Waals surface area contributed by atoms with E-state index in [4.69, 9.17) is 9.47 Å². The van der Waals surface area contributed by atoms with Gasteiger partial charge in [0.15, 0.2) is 11.5 Å². The molecule has 1 aromatic carbocycles. The molecule has 24 heavy (non-hydrogen) atoms. The van der Waals surface area contributed by atoms with Crippen molar-refractivity contribution >= 4 is 17.6 Å². The molecule has 0 radical (unpaired) electrons. The summed E-state index contributed by atoms with van der Waals surface area (Å²) in [5, 5.41) is 12.4. The molecule has 3 fully saturated rings. The molecule has 3 aliphatic carbocycles. The van der Waals surface area contributed by atoms with Gasteiger partial charge in [0.2, 0.25) is 5.91 Å². The summed E-state index contributed by atoms with van der Waals surface area (Å²) < 4.78 is 10.4. The molecule has 0 saturated heterocycles. The van der Waals surface area contributed by atoms with E-state index in [1.165, 1.54) is 7.11 Å². The van der Waals surface area contributed by atoms with E-state index in [0.29, 0.717) is 17.2 Å². The van der Waals surface area contributed by atoms with Crippen LogP contribution in [0.25, 0.3) is 0 Å². The first kappa shape index (κ1) is 16.6. The maximum absolute atomic E-state index is 12.8. The molecule has 6 heteroatoms. The van der Waals surface area contributed by atoms with E-state index >= 15 is 0 Å². The first-order valence-electron chi connectivity index (χ1n) is 8.30. The van der Waals surface area contributed by atoms with Crippen LogP contribution >= 0.6 is 0 Å². The molecule has 2 atom stereocenters. The van der Waals surface area contributed by atoms with Crippen molar-refractivity contribution in [3.63, 3.8) is 0 Å². The highest BCUT2D eigenvalue weighted by atomic mass is 16.5. The number of aliphatic carboxylic acids is 1. The van der Waals surface area contributed by atoms with Crippen LogP contribution in [0.3, 0.4) is 0 Å². The molecular formula is C18H23NO5. The number of carboxylic acid groups (broad SMARTS) is 1.